The summed E-state index contributed by atoms with van der Waals surface area (Å²) >= 11 is 0. The Morgan fingerprint density at radius 1 is 0.604 bits per heavy atom. The normalized spacial score (nSPS) is 25.9. The lowest BCUT2D eigenvalue weighted by atomic mass is 10.0. The van der Waals surface area contributed by atoms with Gasteiger partial charge in [-0.3, -0.25) is 19.2 Å². The second kappa shape index (κ2) is 23.2. The molecule has 1 rings (SSSR count). The molecule has 0 aromatic rings. The molecule has 1 aliphatic heterocycles. The molecular weight excluding hydrogens is 620 g/mol. The van der Waals surface area contributed by atoms with Gasteiger partial charge in [0.1, 0.15) is 36.4 Å². The first-order chi connectivity index (χ1) is 22.7. The number of carbonyl (C=O) groups excluding carboxylic acids is 6. The molecule has 13 heteroatoms. The van der Waals surface area contributed by atoms with Crippen LogP contribution < -0.4 is 21.3 Å². The largest absolute Gasteiger partial charge is 0.460 e. The fourth-order valence-electron chi connectivity index (χ4n) is 5.52. The van der Waals surface area contributed by atoms with Crippen molar-refractivity contribution in [2.45, 2.75) is 168 Å². The Morgan fingerprint density at radius 2 is 1.02 bits per heavy atom. The van der Waals surface area contributed by atoms with Crippen molar-refractivity contribution in [3.63, 3.8) is 0 Å². The molecule has 0 radical (unpaired) electrons. The van der Waals surface area contributed by atoms with Crippen molar-refractivity contribution in [1.29, 1.82) is 0 Å². The third-order valence-electron chi connectivity index (χ3n) is 8.16. The Morgan fingerprint density at radius 3 is 1.46 bits per heavy atom. The summed E-state index contributed by atoms with van der Waals surface area (Å²) in [5.41, 5.74) is 0. The summed E-state index contributed by atoms with van der Waals surface area (Å²) in [5.74, 6) is -3.86. The van der Waals surface area contributed by atoms with Gasteiger partial charge < -0.3 is 35.8 Å². The van der Waals surface area contributed by atoms with Crippen LogP contribution in [0.1, 0.15) is 132 Å². The smallest absolute Gasteiger partial charge is 0.328 e. The van der Waals surface area contributed by atoms with Crippen molar-refractivity contribution >= 4 is 35.6 Å². The van der Waals surface area contributed by atoms with Gasteiger partial charge in [-0.1, -0.05) is 74.1 Å². The maximum Gasteiger partial charge on any atom is 0.328 e. The van der Waals surface area contributed by atoms with Crippen molar-refractivity contribution in [2.24, 2.45) is 11.8 Å². The van der Waals surface area contributed by atoms with E-state index in [-0.39, 0.29) is 37.5 Å². The first-order valence-electron chi connectivity index (χ1n) is 18.0. The number of carbonyl (C=O) groups is 6. The molecule has 0 aromatic heterocycles. The SMILES string of the molecule is CCCCCC1CC(=O)NC(CO)C(=O)NC(CC(C)C)C(=O)OC(CCCCC)CC(=O)NC(CC(C)C)C(=O)NC(CC)C(=O)O1. The third kappa shape index (κ3) is 16.7. The molecule has 6 atom stereocenters. The molecule has 1 aliphatic rings. The van der Waals surface area contributed by atoms with Crippen LogP contribution in [-0.4, -0.2) is 83.7 Å². The van der Waals surface area contributed by atoms with Crippen LogP contribution in [0.25, 0.3) is 0 Å². The highest BCUT2D eigenvalue weighted by molar-refractivity contribution is 5.92. The van der Waals surface area contributed by atoms with Crippen molar-refractivity contribution in [3.05, 3.63) is 0 Å². The first kappa shape index (κ1) is 42.8. The summed E-state index contributed by atoms with van der Waals surface area (Å²) < 4.78 is 11.6. The van der Waals surface area contributed by atoms with E-state index in [2.05, 4.69) is 21.3 Å². The second-order valence-corrected chi connectivity index (χ2v) is 13.7. The van der Waals surface area contributed by atoms with Crippen molar-refractivity contribution in [2.75, 3.05) is 6.61 Å². The van der Waals surface area contributed by atoms with Gasteiger partial charge >= 0.3 is 11.9 Å². The number of unbranched alkanes of at least 4 members (excludes halogenated alkanes) is 4. The lowest BCUT2D eigenvalue weighted by Gasteiger charge is -2.27. The predicted octanol–water partition coefficient (Wildman–Crippen LogP) is 3.20. The third-order valence-corrected chi connectivity index (χ3v) is 8.16. The van der Waals surface area contributed by atoms with Crippen LogP contribution in [0.15, 0.2) is 0 Å². The van der Waals surface area contributed by atoms with Gasteiger partial charge in [0.25, 0.3) is 0 Å². The van der Waals surface area contributed by atoms with Gasteiger partial charge in [-0.25, -0.2) is 9.59 Å². The number of hydrogen-bond donors (Lipinski definition) is 5. The molecule has 1 saturated heterocycles. The molecule has 13 nitrogen and oxygen atoms in total. The molecule has 6 unspecified atom stereocenters. The van der Waals surface area contributed by atoms with E-state index in [0.717, 1.165) is 25.7 Å². The minimum absolute atomic E-state index is 0.0291. The quantitative estimate of drug-likeness (QED) is 0.135. The number of ether oxygens (including phenoxy) is 2. The van der Waals surface area contributed by atoms with E-state index in [9.17, 15) is 33.9 Å². The highest BCUT2D eigenvalue weighted by Gasteiger charge is 2.33. The molecule has 0 aliphatic carbocycles. The zero-order chi connectivity index (χ0) is 36.2. The van der Waals surface area contributed by atoms with E-state index in [4.69, 9.17) is 9.47 Å². The number of amides is 4. The fourth-order valence-corrected chi connectivity index (χ4v) is 5.52. The number of cyclic esters (lactones) is 2. The van der Waals surface area contributed by atoms with Gasteiger partial charge in [0.05, 0.1) is 19.4 Å². The van der Waals surface area contributed by atoms with Crippen LogP contribution in [-0.2, 0) is 38.2 Å². The lowest BCUT2D eigenvalue weighted by Crippen LogP contribution is -2.55. The van der Waals surface area contributed by atoms with E-state index >= 15 is 0 Å². The monoisotopic (exact) mass is 682 g/mol. The maximum atomic E-state index is 13.5. The maximum absolute atomic E-state index is 13.5. The highest BCUT2D eigenvalue weighted by Crippen LogP contribution is 2.17. The van der Waals surface area contributed by atoms with Crippen LogP contribution in [0.2, 0.25) is 0 Å². The number of esters is 2. The molecule has 0 aromatic carbocycles. The molecule has 0 saturated carbocycles. The van der Waals surface area contributed by atoms with Crippen LogP contribution in [0.3, 0.4) is 0 Å². The number of hydrogen-bond acceptors (Lipinski definition) is 9. The fraction of sp³-hybridized carbons (Fsp3) is 0.829. The zero-order valence-corrected chi connectivity index (χ0v) is 30.2. The predicted molar refractivity (Wildman–Crippen MR) is 181 cm³/mol. The number of aliphatic hydroxyl groups excluding tert-OH is 1. The van der Waals surface area contributed by atoms with Crippen molar-refractivity contribution in [3.8, 4) is 0 Å². The Bertz CT molecular complexity index is 1040. The molecular formula is C35H62N4O9. The summed E-state index contributed by atoms with van der Waals surface area (Å²) in [6.07, 6.45) is 4.24. The lowest BCUT2D eigenvalue weighted by molar-refractivity contribution is -0.155. The summed E-state index contributed by atoms with van der Waals surface area (Å²) in [7, 11) is 0. The van der Waals surface area contributed by atoms with Gasteiger partial charge in [0, 0.05) is 0 Å². The molecule has 276 valence electrons. The first-order valence-corrected chi connectivity index (χ1v) is 18.0. The van der Waals surface area contributed by atoms with Gasteiger partial charge in [0.2, 0.25) is 23.6 Å². The Kier molecular flexibility index (Phi) is 20.7. The van der Waals surface area contributed by atoms with Crippen LogP contribution in [0.5, 0.6) is 0 Å². The van der Waals surface area contributed by atoms with Gasteiger partial charge in [-0.2, -0.15) is 0 Å². The average Bonchev–Trinajstić information content (AvgIpc) is 3.00. The minimum atomic E-state index is -1.37. The molecule has 0 spiro atoms. The molecule has 1 fully saturated rings. The number of rotatable bonds is 14. The van der Waals surface area contributed by atoms with Crippen molar-refractivity contribution < 1.29 is 43.3 Å². The Labute approximate surface area is 286 Å². The number of aliphatic hydroxyl groups is 1. The summed E-state index contributed by atoms with van der Waals surface area (Å²) in [4.78, 5) is 79.9. The van der Waals surface area contributed by atoms with Gasteiger partial charge in [0.15, 0.2) is 0 Å². The van der Waals surface area contributed by atoms with Crippen molar-refractivity contribution in [1.82, 2.24) is 21.3 Å². The molecule has 0 bridgehead atoms. The van der Waals surface area contributed by atoms with E-state index in [0.29, 0.717) is 32.1 Å². The standard InChI is InChI=1S/C35H62N4O9/c1-8-11-13-15-24-20-31(42)37-29(21-40)33(44)39-28(18-23(6)7)35(46)48-25(16-14-12-9-2)19-30(41)36-27(17-22(4)5)32(43)38-26(10-3)34(45)47-24/h22-29,40H,8-21H2,1-7H3,(H,36,41)(H,37,42)(H,38,43)(H,39,44). The Hall–Kier alpha value is -3.22. The topological polar surface area (TPSA) is 189 Å². The Balaban J connectivity index is 3.51. The summed E-state index contributed by atoms with van der Waals surface area (Å²) in [6, 6.07) is -4.45. The molecule has 48 heavy (non-hydrogen) atoms. The zero-order valence-electron chi connectivity index (χ0n) is 30.2. The van der Waals surface area contributed by atoms with E-state index in [1.807, 2.05) is 41.5 Å². The second-order valence-electron chi connectivity index (χ2n) is 13.7. The van der Waals surface area contributed by atoms with Gasteiger partial charge in [-0.15, -0.1) is 0 Å². The molecule has 5 N–H and O–H groups in total. The summed E-state index contributed by atoms with van der Waals surface area (Å²) in [6.45, 7) is 12.6. The van der Waals surface area contributed by atoms with Crippen LogP contribution in [0.4, 0.5) is 0 Å². The molecule has 1 heterocycles. The number of nitrogens with one attached hydrogen (secondary N) is 4. The highest BCUT2D eigenvalue weighted by atomic mass is 16.5. The van der Waals surface area contributed by atoms with E-state index < -0.39 is 78.5 Å². The molecule has 4 amide bonds. The van der Waals surface area contributed by atoms with E-state index in [1.54, 1.807) is 6.92 Å². The summed E-state index contributed by atoms with van der Waals surface area (Å²) in [5, 5.41) is 20.6. The average molecular weight is 683 g/mol. The van der Waals surface area contributed by atoms with E-state index in [1.165, 1.54) is 0 Å². The van der Waals surface area contributed by atoms with Crippen LogP contribution in [0, 0.1) is 11.8 Å². The van der Waals surface area contributed by atoms with Crippen LogP contribution >= 0.6 is 0 Å². The van der Waals surface area contributed by atoms with Gasteiger partial charge in [-0.05, 0) is 56.8 Å². The minimum Gasteiger partial charge on any atom is -0.460 e.